The van der Waals surface area contributed by atoms with Crippen LogP contribution in [0.2, 0.25) is 0 Å². The first kappa shape index (κ1) is 33.9. The average molecular weight is 699 g/mol. The van der Waals surface area contributed by atoms with Gasteiger partial charge in [0.05, 0.1) is 23.9 Å². The van der Waals surface area contributed by atoms with Crippen molar-refractivity contribution in [2.75, 3.05) is 46.4 Å². The predicted molar refractivity (Wildman–Crippen MR) is 179 cm³/mol. The first-order chi connectivity index (χ1) is 22.2. The number of ether oxygens (including phenoxy) is 2. The molecule has 2 fully saturated rings. The number of hydrogen-bond acceptors (Lipinski definition) is 8. The normalized spacial score (nSPS) is 16.5. The van der Waals surface area contributed by atoms with Crippen LogP contribution in [0.4, 0.5) is 0 Å². The number of nitrogens with zero attached hydrogens (tertiary/aromatic N) is 4. The topological polar surface area (TPSA) is 130 Å². The van der Waals surface area contributed by atoms with E-state index in [1.807, 2.05) is 19.9 Å². The van der Waals surface area contributed by atoms with Gasteiger partial charge in [-0.15, -0.1) is 0 Å². The van der Waals surface area contributed by atoms with Crippen molar-refractivity contribution in [2.24, 2.45) is 11.8 Å². The second kappa shape index (κ2) is 15.4. The smallest absolute Gasteiger partial charge is 0.349 e. The van der Waals surface area contributed by atoms with Crippen molar-refractivity contribution in [3.63, 3.8) is 0 Å². The Balaban J connectivity index is 1.20. The van der Waals surface area contributed by atoms with Crippen molar-refractivity contribution in [1.29, 1.82) is 0 Å². The third kappa shape index (κ3) is 8.08. The first-order valence-corrected chi connectivity index (χ1v) is 16.9. The van der Waals surface area contributed by atoms with Crippen molar-refractivity contribution in [3.8, 4) is 22.9 Å². The maximum Gasteiger partial charge on any atom is 0.349 e. The molecule has 11 nitrogen and oxygen atoms in total. The Morgan fingerprint density at radius 1 is 1.00 bits per heavy atom. The molecule has 12 heteroatoms. The largest absolute Gasteiger partial charge is 0.496 e. The van der Waals surface area contributed by atoms with Gasteiger partial charge in [-0.2, -0.15) is 9.78 Å². The molecule has 0 bridgehead atoms. The molecule has 2 aromatic carbocycles. The van der Waals surface area contributed by atoms with Crippen LogP contribution in [0.1, 0.15) is 66.6 Å². The highest BCUT2D eigenvalue weighted by Gasteiger charge is 2.28. The number of rotatable bonds is 11. The van der Waals surface area contributed by atoms with E-state index in [4.69, 9.17) is 14.6 Å². The lowest BCUT2D eigenvalue weighted by Gasteiger charge is -2.33. The molecule has 0 radical (unpaired) electrons. The molecule has 2 aliphatic heterocycles. The van der Waals surface area contributed by atoms with Crippen LogP contribution in [0, 0.1) is 25.7 Å². The number of benzene rings is 2. The van der Waals surface area contributed by atoms with E-state index in [2.05, 4.69) is 30.9 Å². The minimum absolute atomic E-state index is 0.231. The van der Waals surface area contributed by atoms with Crippen LogP contribution in [0.3, 0.4) is 0 Å². The number of aliphatic hydroxyl groups is 1. The van der Waals surface area contributed by atoms with Crippen molar-refractivity contribution < 1.29 is 19.4 Å². The SMILES string of the molecule is COc1ccc(Oc2c(C)cc(-n3nc(C(=O)N4CCC(CCCC5CCN(CCO)CC5)CC4)c(=O)[nH]c3=O)cc2C)cc1Br. The first-order valence-electron chi connectivity index (χ1n) is 16.2. The maximum atomic E-state index is 13.5. The number of nitrogens with one attached hydrogen (secondary N) is 1. The number of amides is 1. The highest BCUT2D eigenvalue weighted by Crippen LogP contribution is 2.35. The summed E-state index contributed by atoms with van der Waals surface area (Å²) in [5.41, 5.74) is 0.145. The van der Waals surface area contributed by atoms with Gasteiger partial charge in [0.15, 0.2) is 0 Å². The summed E-state index contributed by atoms with van der Waals surface area (Å²) in [7, 11) is 1.59. The van der Waals surface area contributed by atoms with Gasteiger partial charge in [0.25, 0.3) is 11.5 Å². The second-order valence-electron chi connectivity index (χ2n) is 12.5. The molecule has 0 aliphatic carbocycles. The molecule has 1 amide bonds. The van der Waals surface area contributed by atoms with Crippen LogP contribution in [-0.2, 0) is 0 Å². The fourth-order valence-electron chi connectivity index (χ4n) is 6.66. The van der Waals surface area contributed by atoms with E-state index in [0.29, 0.717) is 41.9 Å². The summed E-state index contributed by atoms with van der Waals surface area (Å²) in [6, 6.07) is 8.90. The number of likely N-dealkylation sites (tertiary alicyclic amines) is 2. The Morgan fingerprint density at radius 2 is 1.63 bits per heavy atom. The monoisotopic (exact) mass is 697 g/mol. The Morgan fingerprint density at radius 3 is 2.22 bits per heavy atom. The number of carbonyl (C=O) groups is 1. The number of aromatic amines is 1. The number of β-amino-alcohol motifs (C(OH)–C–C–N with tert-alkyl or cyclic N) is 1. The zero-order valence-electron chi connectivity index (χ0n) is 26.9. The molecule has 46 heavy (non-hydrogen) atoms. The van der Waals surface area contributed by atoms with E-state index in [9.17, 15) is 14.4 Å². The molecule has 0 spiro atoms. The molecule has 2 aliphatic rings. The van der Waals surface area contributed by atoms with E-state index in [-0.39, 0.29) is 12.3 Å². The van der Waals surface area contributed by atoms with Gasteiger partial charge < -0.3 is 24.4 Å². The van der Waals surface area contributed by atoms with E-state index in [0.717, 1.165) is 65.1 Å². The molecule has 248 valence electrons. The Hall–Kier alpha value is -3.48. The van der Waals surface area contributed by atoms with Gasteiger partial charge in [0.1, 0.15) is 17.2 Å². The predicted octanol–water partition coefficient (Wildman–Crippen LogP) is 4.83. The quantitative estimate of drug-likeness (QED) is 0.292. The van der Waals surface area contributed by atoms with Crippen LogP contribution in [-0.4, -0.2) is 82.0 Å². The summed E-state index contributed by atoms with van der Waals surface area (Å²) >= 11 is 3.47. The van der Waals surface area contributed by atoms with Gasteiger partial charge in [-0.3, -0.25) is 14.6 Å². The molecule has 0 saturated carbocycles. The van der Waals surface area contributed by atoms with Gasteiger partial charge >= 0.3 is 5.69 Å². The molecule has 1 aromatic heterocycles. The number of piperidine rings is 2. The second-order valence-corrected chi connectivity index (χ2v) is 13.4. The van der Waals surface area contributed by atoms with Crippen LogP contribution in [0.5, 0.6) is 17.2 Å². The average Bonchev–Trinajstić information content (AvgIpc) is 3.04. The van der Waals surface area contributed by atoms with Crippen LogP contribution < -0.4 is 20.7 Å². The van der Waals surface area contributed by atoms with Crippen molar-refractivity contribution in [2.45, 2.75) is 58.8 Å². The number of methoxy groups -OCH3 is 1. The summed E-state index contributed by atoms with van der Waals surface area (Å²) in [6.07, 6.45) is 7.77. The molecule has 0 atom stereocenters. The lowest BCUT2D eigenvalue weighted by atomic mass is 9.87. The van der Waals surface area contributed by atoms with Crippen LogP contribution in [0.25, 0.3) is 5.69 Å². The summed E-state index contributed by atoms with van der Waals surface area (Å²) in [6.45, 7) is 8.01. The molecular formula is C34H44BrN5O6. The zero-order chi connectivity index (χ0) is 32.8. The lowest BCUT2D eigenvalue weighted by molar-refractivity contribution is 0.0673. The van der Waals surface area contributed by atoms with E-state index in [1.165, 1.54) is 25.7 Å². The molecular weight excluding hydrogens is 654 g/mol. The van der Waals surface area contributed by atoms with Crippen LogP contribution >= 0.6 is 15.9 Å². The minimum atomic E-state index is -0.781. The summed E-state index contributed by atoms with van der Waals surface area (Å²) in [5, 5.41) is 13.4. The number of aryl methyl sites for hydroxylation is 2. The standard InChI is InChI=1S/C34H44BrN5O6/c1-22-19-26(20-23(2)31(22)46-27-7-8-29(45-3)28(35)21-27)40-34(44)36-32(42)30(37-40)33(43)39-15-11-25(12-16-39)6-4-5-24-9-13-38(14-10-24)17-18-41/h7-8,19-21,24-25,41H,4-6,9-18H2,1-3H3,(H,36,42,44). The number of halogens is 1. The summed E-state index contributed by atoms with van der Waals surface area (Å²) < 4.78 is 13.3. The van der Waals surface area contributed by atoms with Gasteiger partial charge in [-0.1, -0.05) is 19.3 Å². The van der Waals surface area contributed by atoms with Crippen molar-refractivity contribution in [3.05, 3.63) is 72.5 Å². The summed E-state index contributed by atoms with van der Waals surface area (Å²) in [4.78, 5) is 45.4. The number of aliphatic hydroxyl groups excluding tert-OH is 1. The maximum absolute atomic E-state index is 13.5. The zero-order valence-corrected chi connectivity index (χ0v) is 28.5. The highest BCUT2D eigenvalue weighted by molar-refractivity contribution is 9.10. The van der Waals surface area contributed by atoms with E-state index < -0.39 is 17.2 Å². The summed E-state index contributed by atoms with van der Waals surface area (Å²) in [5.74, 6) is 2.79. The fourth-order valence-corrected chi connectivity index (χ4v) is 7.18. The number of aromatic nitrogens is 3. The van der Waals surface area contributed by atoms with Crippen molar-refractivity contribution in [1.82, 2.24) is 24.6 Å². The Labute approximate surface area is 277 Å². The molecule has 0 unspecified atom stereocenters. The van der Waals surface area contributed by atoms with Gasteiger partial charge in [-0.05, 0) is 122 Å². The Kier molecular flexibility index (Phi) is 11.3. The molecule has 3 aromatic rings. The van der Waals surface area contributed by atoms with Crippen molar-refractivity contribution >= 4 is 21.8 Å². The lowest BCUT2D eigenvalue weighted by Crippen LogP contribution is -2.44. The third-order valence-corrected chi connectivity index (χ3v) is 9.93. The molecule has 2 N–H and O–H groups in total. The van der Waals surface area contributed by atoms with Gasteiger partial charge in [-0.25, -0.2) is 4.79 Å². The van der Waals surface area contributed by atoms with Gasteiger partial charge in [0, 0.05) is 19.6 Å². The van der Waals surface area contributed by atoms with E-state index >= 15 is 0 Å². The third-order valence-electron chi connectivity index (χ3n) is 9.31. The molecule has 3 heterocycles. The number of carbonyl (C=O) groups excluding carboxylic acids is 1. The highest BCUT2D eigenvalue weighted by atomic mass is 79.9. The van der Waals surface area contributed by atoms with Crippen LogP contribution in [0.15, 0.2) is 44.4 Å². The Bertz CT molecular complexity index is 1620. The fraction of sp³-hybridized carbons (Fsp3) is 0.529. The minimum Gasteiger partial charge on any atom is -0.496 e. The van der Waals surface area contributed by atoms with E-state index in [1.54, 1.807) is 36.3 Å². The molecule has 5 rings (SSSR count). The van der Waals surface area contributed by atoms with Gasteiger partial charge in [0.2, 0.25) is 5.69 Å². The molecule has 2 saturated heterocycles. The number of hydrogen-bond donors (Lipinski definition) is 2. The number of H-pyrrole nitrogens is 1.